The number of aryl methyl sites for hydroxylation is 2. The summed E-state index contributed by atoms with van der Waals surface area (Å²) >= 11 is 0. The summed E-state index contributed by atoms with van der Waals surface area (Å²) in [5.41, 5.74) is 2.96. The number of aromatic carboxylic acids is 1. The number of hydrogen-bond acceptors (Lipinski definition) is 2. The smallest absolute Gasteiger partial charge is 0.337 e. The maximum absolute atomic E-state index is 12.0. The number of benzene rings is 2. The van der Waals surface area contributed by atoms with Crippen molar-refractivity contribution in [3.63, 3.8) is 0 Å². The van der Waals surface area contributed by atoms with E-state index >= 15 is 0 Å². The van der Waals surface area contributed by atoms with E-state index in [0.717, 1.165) is 11.1 Å². The molecule has 0 fully saturated rings. The molecular formula is C16H16N2O3. The topological polar surface area (TPSA) is 78.4 Å². The van der Waals surface area contributed by atoms with Crippen LogP contribution >= 0.6 is 0 Å². The Labute approximate surface area is 122 Å². The van der Waals surface area contributed by atoms with Crippen molar-refractivity contribution in [1.29, 1.82) is 0 Å². The number of anilines is 2. The minimum absolute atomic E-state index is 0.0496. The first-order valence-corrected chi connectivity index (χ1v) is 6.45. The predicted molar refractivity (Wildman–Crippen MR) is 82.0 cm³/mol. The molecule has 108 valence electrons. The first-order chi connectivity index (χ1) is 9.97. The quantitative estimate of drug-likeness (QED) is 0.805. The molecule has 0 saturated heterocycles. The maximum atomic E-state index is 12.0. The zero-order chi connectivity index (χ0) is 15.4. The summed E-state index contributed by atoms with van der Waals surface area (Å²) in [6.45, 7) is 3.82. The number of nitrogens with one attached hydrogen (secondary N) is 2. The molecule has 0 bridgehead atoms. The molecule has 0 spiro atoms. The lowest BCUT2D eigenvalue weighted by Gasteiger charge is -2.12. The third-order valence-electron chi connectivity index (χ3n) is 3.05. The van der Waals surface area contributed by atoms with Gasteiger partial charge < -0.3 is 15.7 Å². The number of carboxylic acid groups (broad SMARTS) is 1. The number of carbonyl (C=O) groups excluding carboxylic acids is 1. The Kier molecular flexibility index (Phi) is 4.23. The third kappa shape index (κ3) is 3.60. The average Bonchev–Trinajstić information content (AvgIpc) is 2.43. The van der Waals surface area contributed by atoms with Gasteiger partial charge in [0, 0.05) is 5.69 Å². The first-order valence-electron chi connectivity index (χ1n) is 6.45. The highest BCUT2D eigenvalue weighted by molar-refractivity contribution is 6.04. The van der Waals surface area contributed by atoms with Crippen molar-refractivity contribution in [3.8, 4) is 0 Å². The van der Waals surface area contributed by atoms with E-state index in [-0.39, 0.29) is 11.3 Å². The Morgan fingerprint density at radius 1 is 0.952 bits per heavy atom. The molecule has 2 aromatic carbocycles. The molecular weight excluding hydrogens is 268 g/mol. The van der Waals surface area contributed by atoms with E-state index in [1.807, 2.05) is 32.0 Å². The van der Waals surface area contributed by atoms with Crippen LogP contribution in [-0.2, 0) is 0 Å². The Hall–Kier alpha value is -2.82. The number of amides is 2. The third-order valence-corrected chi connectivity index (χ3v) is 3.05. The van der Waals surface area contributed by atoms with Gasteiger partial charge in [-0.05, 0) is 43.2 Å². The molecule has 5 heteroatoms. The lowest BCUT2D eigenvalue weighted by Crippen LogP contribution is -2.21. The highest BCUT2D eigenvalue weighted by Gasteiger charge is 2.12. The lowest BCUT2D eigenvalue weighted by atomic mass is 10.1. The van der Waals surface area contributed by atoms with Gasteiger partial charge in [-0.15, -0.1) is 0 Å². The van der Waals surface area contributed by atoms with E-state index in [4.69, 9.17) is 5.11 Å². The summed E-state index contributed by atoms with van der Waals surface area (Å²) in [6, 6.07) is 11.5. The lowest BCUT2D eigenvalue weighted by molar-refractivity contribution is 0.0698. The standard InChI is InChI=1S/C16H16N2O3/c1-10-7-8-11(2)14(9-10)18-16(21)17-13-6-4-3-5-12(13)15(19)20/h3-9H,1-2H3,(H,19,20)(H2,17,18,21). The SMILES string of the molecule is Cc1ccc(C)c(NC(=O)Nc2ccccc2C(=O)O)c1. The number of hydrogen-bond donors (Lipinski definition) is 3. The van der Waals surface area contributed by atoms with Gasteiger partial charge in [0.1, 0.15) is 0 Å². The van der Waals surface area contributed by atoms with Crippen LogP contribution in [0.25, 0.3) is 0 Å². The van der Waals surface area contributed by atoms with Gasteiger partial charge in [0.15, 0.2) is 0 Å². The second-order valence-electron chi connectivity index (χ2n) is 4.75. The van der Waals surface area contributed by atoms with E-state index in [1.165, 1.54) is 6.07 Å². The van der Waals surface area contributed by atoms with Crippen LogP contribution in [0.15, 0.2) is 42.5 Å². The molecule has 2 rings (SSSR count). The van der Waals surface area contributed by atoms with E-state index in [0.29, 0.717) is 5.69 Å². The van der Waals surface area contributed by atoms with Crippen molar-refractivity contribution in [2.45, 2.75) is 13.8 Å². The van der Waals surface area contributed by atoms with Crippen molar-refractivity contribution in [3.05, 3.63) is 59.2 Å². The summed E-state index contributed by atoms with van der Waals surface area (Å²) in [5.74, 6) is -1.09. The van der Waals surface area contributed by atoms with Gasteiger partial charge in [-0.1, -0.05) is 24.3 Å². The molecule has 5 nitrogen and oxygen atoms in total. The van der Waals surface area contributed by atoms with Crippen molar-refractivity contribution in [2.75, 3.05) is 10.6 Å². The zero-order valence-corrected chi connectivity index (χ0v) is 11.8. The Morgan fingerprint density at radius 3 is 2.33 bits per heavy atom. The molecule has 0 radical (unpaired) electrons. The molecule has 21 heavy (non-hydrogen) atoms. The van der Waals surface area contributed by atoms with Gasteiger partial charge >= 0.3 is 12.0 Å². The van der Waals surface area contributed by atoms with Gasteiger partial charge in [0.2, 0.25) is 0 Å². The number of para-hydroxylation sites is 1. The minimum Gasteiger partial charge on any atom is -0.478 e. The molecule has 0 atom stereocenters. The number of urea groups is 1. The monoisotopic (exact) mass is 284 g/mol. The van der Waals surface area contributed by atoms with Crippen LogP contribution in [0.3, 0.4) is 0 Å². The average molecular weight is 284 g/mol. The summed E-state index contributed by atoms with van der Waals surface area (Å²) in [5, 5.41) is 14.4. The number of rotatable bonds is 3. The van der Waals surface area contributed by atoms with Crippen molar-refractivity contribution < 1.29 is 14.7 Å². The van der Waals surface area contributed by atoms with Gasteiger partial charge in [-0.2, -0.15) is 0 Å². The van der Waals surface area contributed by atoms with Gasteiger partial charge in [-0.3, -0.25) is 0 Å². The molecule has 0 aliphatic rings. The van der Waals surface area contributed by atoms with Crippen molar-refractivity contribution in [2.24, 2.45) is 0 Å². The first kappa shape index (κ1) is 14.6. The van der Waals surface area contributed by atoms with E-state index in [1.54, 1.807) is 18.2 Å². The fourth-order valence-corrected chi connectivity index (χ4v) is 1.93. The molecule has 0 aliphatic heterocycles. The fraction of sp³-hybridized carbons (Fsp3) is 0.125. The molecule has 3 N–H and O–H groups in total. The van der Waals surface area contributed by atoms with Gasteiger partial charge in [0.05, 0.1) is 11.3 Å². The summed E-state index contributed by atoms with van der Waals surface area (Å²) in [6.07, 6.45) is 0. The second-order valence-corrected chi connectivity index (χ2v) is 4.75. The van der Waals surface area contributed by atoms with Crippen LogP contribution in [-0.4, -0.2) is 17.1 Å². The van der Waals surface area contributed by atoms with Crippen LogP contribution in [0.1, 0.15) is 21.5 Å². The molecule has 0 saturated carbocycles. The zero-order valence-electron chi connectivity index (χ0n) is 11.8. The van der Waals surface area contributed by atoms with Crippen LogP contribution in [0.2, 0.25) is 0 Å². The molecule has 0 aliphatic carbocycles. The number of carbonyl (C=O) groups is 2. The Balaban J connectivity index is 2.16. The van der Waals surface area contributed by atoms with Gasteiger partial charge in [-0.25, -0.2) is 9.59 Å². The summed E-state index contributed by atoms with van der Waals surface area (Å²) in [4.78, 5) is 23.1. The summed E-state index contributed by atoms with van der Waals surface area (Å²) < 4.78 is 0. The van der Waals surface area contributed by atoms with Crippen molar-refractivity contribution >= 4 is 23.4 Å². The second kappa shape index (κ2) is 6.09. The van der Waals surface area contributed by atoms with E-state index in [9.17, 15) is 9.59 Å². The molecule has 0 heterocycles. The molecule has 0 unspecified atom stereocenters. The van der Waals surface area contributed by atoms with Crippen LogP contribution in [0, 0.1) is 13.8 Å². The fourth-order valence-electron chi connectivity index (χ4n) is 1.93. The Bertz CT molecular complexity index is 696. The predicted octanol–water partition coefficient (Wildman–Crippen LogP) is 3.65. The Morgan fingerprint density at radius 2 is 1.62 bits per heavy atom. The van der Waals surface area contributed by atoms with Crippen LogP contribution in [0.5, 0.6) is 0 Å². The number of carboxylic acids is 1. The van der Waals surface area contributed by atoms with E-state index in [2.05, 4.69) is 10.6 Å². The van der Waals surface area contributed by atoms with Crippen LogP contribution in [0.4, 0.5) is 16.2 Å². The van der Waals surface area contributed by atoms with Crippen LogP contribution < -0.4 is 10.6 Å². The largest absolute Gasteiger partial charge is 0.478 e. The highest BCUT2D eigenvalue weighted by atomic mass is 16.4. The molecule has 2 amide bonds. The minimum atomic E-state index is -1.09. The summed E-state index contributed by atoms with van der Waals surface area (Å²) in [7, 11) is 0. The normalized spacial score (nSPS) is 10.0. The van der Waals surface area contributed by atoms with Crippen molar-refractivity contribution in [1.82, 2.24) is 0 Å². The molecule has 2 aromatic rings. The van der Waals surface area contributed by atoms with Gasteiger partial charge in [0.25, 0.3) is 0 Å². The molecule has 0 aromatic heterocycles. The van der Waals surface area contributed by atoms with E-state index < -0.39 is 12.0 Å². The highest BCUT2D eigenvalue weighted by Crippen LogP contribution is 2.18. The maximum Gasteiger partial charge on any atom is 0.337 e.